The number of hydrogen-bond acceptors (Lipinski definition) is 3. The number of aromatic nitrogens is 2. The Bertz CT molecular complexity index is 316. The van der Waals surface area contributed by atoms with Crippen LogP contribution in [0.5, 0.6) is 0 Å². The number of likely N-dealkylation sites (N-methyl/N-ethyl adjacent to an activating group) is 1. The fourth-order valence-electron chi connectivity index (χ4n) is 1.33. The van der Waals surface area contributed by atoms with Crippen LogP contribution in [-0.4, -0.2) is 40.6 Å². The van der Waals surface area contributed by atoms with E-state index in [-0.39, 0.29) is 5.91 Å². The Morgan fingerprint density at radius 2 is 2.27 bits per heavy atom. The average molecular weight is 210 g/mol. The van der Waals surface area contributed by atoms with E-state index in [4.69, 9.17) is 0 Å². The van der Waals surface area contributed by atoms with Crippen LogP contribution in [0.4, 0.5) is 0 Å². The predicted octanol–water partition coefficient (Wildman–Crippen LogP) is 0.366. The van der Waals surface area contributed by atoms with E-state index in [1.165, 1.54) is 0 Å². The molecule has 0 spiro atoms. The zero-order valence-electron chi connectivity index (χ0n) is 9.66. The van der Waals surface area contributed by atoms with E-state index in [1.54, 1.807) is 25.2 Å². The topological polar surface area (TPSA) is 61.0 Å². The van der Waals surface area contributed by atoms with Gasteiger partial charge in [0.25, 0.3) is 0 Å². The summed E-state index contributed by atoms with van der Waals surface area (Å²) in [6.07, 6.45) is 1.69. The molecule has 5 heteroatoms. The maximum atomic E-state index is 11.8. The monoisotopic (exact) mass is 210 g/mol. The highest BCUT2D eigenvalue weighted by molar-refractivity contribution is 5.84. The van der Waals surface area contributed by atoms with Crippen LogP contribution in [0.15, 0.2) is 12.3 Å². The van der Waals surface area contributed by atoms with Gasteiger partial charge in [-0.05, 0) is 19.9 Å². The first-order valence-electron chi connectivity index (χ1n) is 4.88. The second-order valence-electron chi connectivity index (χ2n) is 4.26. The predicted molar refractivity (Wildman–Crippen MR) is 58.2 cm³/mol. The van der Waals surface area contributed by atoms with Crippen molar-refractivity contribution in [1.82, 2.24) is 20.4 Å². The van der Waals surface area contributed by atoms with E-state index in [2.05, 4.69) is 15.5 Å². The Morgan fingerprint density at radius 3 is 2.73 bits per heavy atom. The standard InChI is InChI=1S/C10H18N4O/c1-10(2,9(15)14(3)4)11-7-8-5-6-12-13-8/h5-6,11H,7H2,1-4H3,(H,12,13). The summed E-state index contributed by atoms with van der Waals surface area (Å²) in [6, 6.07) is 1.88. The minimum absolute atomic E-state index is 0.0574. The molecule has 1 aromatic heterocycles. The van der Waals surface area contributed by atoms with E-state index in [0.29, 0.717) is 6.54 Å². The zero-order valence-corrected chi connectivity index (χ0v) is 9.66. The van der Waals surface area contributed by atoms with Crippen LogP contribution in [0.3, 0.4) is 0 Å². The molecule has 1 heterocycles. The van der Waals surface area contributed by atoms with Crippen molar-refractivity contribution < 1.29 is 4.79 Å². The van der Waals surface area contributed by atoms with Gasteiger partial charge in [-0.15, -0.1) is 0 Å². The number of rotatable bonds is 4. The summed E-state index contributed by atoms with van der Waals surface area (Å²) in [6.45, 7) is 4.34. The third-order valence-electron chi connectivity index (χ3n) is 2.22. The Kier molecular flexibility index (Phi) is 3.47. The third-order valence-corrected chi connectivity index (χ3v) is 2.22. The van der Waals surface area contributed by atoms with Crippen molar-refractivity contribution in [3.8, 4) is 0 Å². The first-order valence-corrected chi connectivity index (χ1v) is 4.88. The molecule has 1 rings (SSSR count). The van der Waals surface area contributed by atoms with Gasteiger partial charge in [0.15, 0.2) is 0 Å². The summed E-state index contributed by atoms with van der Waals surface area (Å²) in [4.78, 5) is 13.3. The molecule has 0 atom stereocenters. The Balaban J connectivity index is 2.53. The van der Waals surface area contributed by atoms with Crippen molar-refractivity contribution in [3.05, 3.63) is 18.0 Å². The molecular formula is C10H18N4O. The normalized spacial score (nSPS) is 11.5. The number of H-pyrrole nitrogens is 1. The maximum Gasteiger partial charge on any atom is 0.241 e. The van der Waals surface area contributed by atoms with E-state index in [1.807, 2.05) is 19.9 Å². The van der Waals surface area contributed by atoms with Crippen LogP contribution >= 0.6 is 0 Å². The molecule has 1 aromatic rings. The number of carbonyl (C=O) groups excluding carboxylic acids is 1. The molecule has 0 fully saturated rings. The first-order chi connectivity index (χ1) is 6.93. The van der Waals surface area contributed by atoms with Crippen LogP contribution in [0.25, 0.3) is 0 Å². The lowest BCUT2D eigenvalue weighted by atomic mass is 10.0. The molecule has 0 radical (unpaired) electrons. The molecule has 2 N–H and O–H groups in total. The van der Waals surface area contributed by atoms with Gasteiger partial charge in [0.2, 0.25) is 5.91 Å². The molecule has 0 bridgehead atoms. The van der Waals surface area contributed by atoms with Gasteiger partial charge in [-0.2, -0.15) is 5.10 Å². The molecule has 0 aliphatic heterocycles. The quantitative estimate of drug-likeness (QED) is 0.754. The number of aromatic amines is 1. The van der Waals surface area contributed by atoms with E-state index >= 15 is 0 Å². The number of nitrogens with one attached hydrogen (secondary N) is 2. The van der Waals surface area contributed by atoms with Crippen LogP contribution in [0, 0.1) is 0 Å². The van der Waals surface area contributed by atoms with Crippen LogP contribution in [-0.2, 0) is 11.3 Å². The minimum Gasteiger partial charge on any atom is -0.347 e. The molecule has 1 amide bonds. The SMILES string of the molecule is CN(C)C(=O)C(C)(C)NCc1ccn[nH]1. The summed E-state index contributed by atoms with van der Waals surface area (Å²) in [7, 11) is 3.50. The molecule has 0 aliphatic rings. The van der Waals surface area contributed by atoms with Crippen LogP contribution in [0.1, 0.15) is 19.5 Å². The number of amides is 1. The zero-order chi connectivity index (χ0) is 11.5. The molecule has 15 heavy (non-hydrogen) atoms. The highest BCUT2D eigenvalue weighted by Crippen LogP contribution is 2.06. The fraction of sp³-hybridized carbons (Fsp3) is 0.600. The first kappa shape index (κ1) is 11.7. The lowest BCUT2D eigenvalue weighted by Crippen LogP contribution is -2.51. The van der Waals surface area contributed by atoms with E-state index in [9.17, 15) is 4.79 Å². The summed E-state index contributed by atoms with van der Waals surface area (Å²) >= 11 is 0. The summed E-state index contributed by atoms with van der Waals surface area (Å²) in [5.41, 5.74) is 0.406. The average Bonchev–Trinajstić information content (AvgIpc) is 2.66. The minimum atomic E-state index is -0.561. The third kappa shape index (κ3) is 3.06. The Hall–Kier alpha value is -1.36. The van der Waals surface area contributed by atoms with Crippen LogP contribution in [0.2, 0.25) is 0 Å². The van der Waals surface area contributed by atoms with Crippen molar-refractivity contribution in [3.63, 3.8) is 0 Å². The number of nitrogens with zero attached hydrogens (tertiary/aromatic N) is 2. The molecule has 0 aromatic carbocycles. The van der Waals surface area contributed by atoms with Gasteiger partial charge in [0, 0.05) is 32.5 Å². The Morgan fingerprint density at radius 1 is 1.60 bits per heavy atom. The molecule has 0 saturated carbocycles. The van der Waals surface area contributed by atoms with E-state index in [0.717, 1.165) is 5.69 Å². The lowest BCUT2D eigenvalue weighted by Gasteiger charge is -2.28. The number of hydrogen-bond donors (Lipinski definition) is 2. The van der Waals surface area contributed by atoms with E-state index < -0.39 is 5.54 Å². The molecule has 0 saturated heterocycles. The van der Waals surface area contributed by atoms with Gasteiger partial charge < -0.3 is 4.90 Å². The molecule has 84 valence electrons. The van der Waals surface area contributed by atoms with Gasteiger partial charge in [-0.1, -0.05) is 0 Å². The van der Waals surface area contributed by atoms with Gasteiger partial charge in [0.05, 0.1) is 5.54 Å². The summed E-state index contributed by atoms with van der Waals surface area (Å²) < 4.78 is 0. The largest absolute Gasteiger partial charge is 0.347 e. The second-order valence-corrected chi connectivity index (χ2v) is 4.26. The van der Waals surface area contributed by atoms with Gasteiger partial charge >= 0.3 is 0 Å². The number of carbonyl (C=O) groups is 1. The second kappa shape index (κ2) is 4.44. The lowest BCUT2D eigenvalue weighted by molar-refractivity contribution is -0.134. The Labute approximate surface area is 89.9 Å². The van der Waals surface area contributed by atoms with Crippen LogP contribution < -0.4 is 5.32 Å². The van der Waals surface area contributed by atoms with Crippen molar-refractivity contribution >= 4 is 5.91 Å². The van der Waals surface area contributed by atoms with Crippen molar-refractivity contribution in [2.75, 3.05) is 14.1 Å². The van der Waals surface area contributed by atoms with Gasteiger partial charge in [0.1, 0.15) is 0 Å². The summed E-state index contributed by atoms with van der Waals surface area (Å²) in [5, 5.41) is 9.86. The van der Waals surface area contributed by atoms with Crippen molar-refractivity contribution in [2.45, 2.75) is 25.9 Å². The molecule has 5 nitrogen and oxygen atoms in total. The maximum absolute atomic E-state index is 11.8. The fourth-order valence-corrected chi connectivity index (χ4v) is 1.33. The molecule has 0 unspecified atom stereocenters. The smallest absolute Gasteiger partial charge is 0.241 e. The highest BCUT2D eigenvalue weighted by atomic mass is 16.2. The highest BCUT2D eigenvalue weighted by Gasteiger charge is 2.28. The van der Waals surface area contributed by atoms with Gasteiger partial charge in [-0.3, -0.25) is 15.2 Å². The molecule has 0 aliphatic carbocycles. The van der Waals surface area contributed by atoms with Crippen molar-refractivity contribution in [2.24, 2.45) is 0 Å². The summed E-state index contributed by atoms with van der Waals surface area (Å²) in [5.74, 6) is 0.0574. The van der Waals surface area contributed by atoms with Crippen molar-refractivity contribution in [1.29, 1.82) is 0 Å². The van der Waals surface area contributed by atoms with Gasteiger partial charge in [-0.25, -0.2) is 0 Å². The molecular weight excluding hydrogens is 192 g/mol.